The van der Waals surface area contributed by atoms with Crippen LogP contribution in [0.25, 0.3) is 22.5 Å². The number of aromatic nitrogens is 1. The van der Waals surface area contributed by atoms with Crippen molar-refractivity contribution in [3.05, 3.63) is 82.0 Å². The van der Waals surface area contributed by atoms with Crippen molar-refractivity contribution in [2.45, 2.75) is 6.92 Å². The van der Waals surface area contributed by atoms with Gasteiger partial charge in [0.2, 0.25) is 0 Å². The Morgan fingerprint density at radius 3 is 1.79 bits per heavy atom. The van der Waals surface area contributed by atoms with Crippen LogP contribution < -0.4 is 5.43 Å². The number of carboxylic acids is 1. The van der Waals surface area contributed by atoms with Crippen LogP contribution in [0.1, 0.15) is 15.9 Å². The zero-order valence-corrected chi connectivity index (χ0v) is 13.5. The van der Waals surface area contributed by atoms with E-state index in [2.05, 4.69) is 0 Å². The van der Waals surface area contributed by atoms with Crippen molar-refractivity contribution >= 4 is 5.97 Å². The monoisotopic (exact) mass is 319 g/mol. The number of pyridine rings is 1. The molecule has 0 saturated heterocycles. The van der Waals surface area contributed by atoms with E-state index in [0.717, 1.165) is 11.3 Å². The number of carboxylic acid groups (broad SMARTS) is 1. The van der Waals surface area contributed by atoms with Gasteiger partial charge in [-0.3, -0.25) is 4.79 Å². The summed E-state index contributed by atoms with van der Waals surface area (Å²) in [5, 5.41) is 9.60. The molecule has 0 aliphatic heterocycles. The van der Waals surface area contributed by atoms with E-state index in [4.69, 9.17) is 0 Å². The standard InChI is InChI=1S/C20H17NO3/c1-13-17(14-9-5-3-6-10-14)21(2)18(15-11-7-4-8-12-15)16(19(13)22)20(23)24/h3-12H,1-2H3,(H,23,24). The summed E-state index contributed by atoms with van der Waals surface area (Å²) < 4.78 is 1.80. The van der Waals surface area contributed by atoms with Crippen LogP contribution in [0.15, 0.2) is 65.5 Å². The van der Waals surface area contributed by atoms with Gasteiger partial charge >= 0.3 is 5.97 Å². The third-order valence-electron chi connectivity index (χ3n) is 4.14. The minimum absolute atomic E-state index is 0.194. The predicted molar refractivity (Wildman–Crippen MR) is 94.3 cm³/mol. The molecule has 0 radical (unpaired) electrons. The Balaban J connectivity index is 2.46. The third-order valence-corrected chi connectivity index (χ3v) is 4.14. The highest BCUT2D eigenvalue weighted by Crippen LogP contribution is 2.29. The highest BCUT2D eigenvalue weighted by atomic mass is 16.4. The first kappa shape index (κ1) is 15.7. The van der Waals surface area contributed by atoms with Crippen LogP contribution in [0.5, 0.6) is 0 Å². The van der Waals surface area contributed by atoms with Crippen molar-refractivity contribution in [1.82, 2.24) is 4.57 Å². The van der Waals surface area contributed by atoms with Crippen LogP contribution in [0.3, 0.4) is 0 Å². The van der Waals surface area contributed by atoms with Crippen molar-refractivity contribution in [2.24, 2.45) is 7.05 Å². The van der Waals surface area contributed by atoms with Crippen molar-refractivity contribution in [3.63, 3.8) is 0 Å². The Kier molecular flexibility index (Phi) is 4.04. The molecule has 0 aliphatic rings. The van der Waals surface area contributed by atoms with Gasteiger partial charge in [-0.25, -0.2) is 4.79 Å². The Labute approximate surface area is 139 Å². The average molecular weight is 319 g/mol. The first-order chi connectivity index (χ1) is 11.5. The van der Waals surface area contributed by atoms with E-state index in [0.29, 0.717) is 16.8 Å². The summed E-state index contributed by atoms with van der Waals surface area (Å²) >= 11 is 0. The van der Waals surface area contributed by atoms with Crippen molar-refractivity contribution < 1.29 is 9.90 Å². The Bertz CT molecular complexity index is 958. The fourth-order valence-corrected chi connectivity index (χ4v) is 3.07. The lowest BCUT2D eigenvalue weighted by molar-refractivity contribution is 0.0695. The van der Waals surface area contributed by atoms with Crippen LogP contribution in [-0.2, 0) is 7.05 Å². The maximum Gasteiger partial charge on any atom is 0.341 e. The van der Waals surface area contributed by atoms with Gasteiger partial charge in [-0.1, -0.05) is 60.7 Å². The van der Waals surface area contributed by atoms with Crippen LogP contribution in [-0.4, -0.2) is 15.6 Å². The molecular weight excluding hydrogens is 302 g/mol. The van der Waals surface area contributed by atoms with E-state index in [9.17, 15) is 14.7 Å². The van der Waals surface area contributed by atoms with Gasteiger partial charge in [0.1, 0.15) is 5.56 Å². The van der Waals surface area contributed by atoms with Crippen LogP contribution >= 0.6 is 0 Å². The molecule has 0 unspecified atom stereocenters. The lowest BCUT2D eigenvalue weighted by atomic mass is 9.98. The maximum atomic E-state index is 12.8. The Morgan fingerprint density at radius 1 is 0.875 bits per heavy atom. The summed E-state index contributed by atoms with van der Waals surface area (Å²) in [6, 6.07) is 18.7. The van der Waals surface area contributed by atoms with Gasteiger partial charge < -0.3 is 9.67 Å². The van der Waals surface area contributed by atoms with Crippen molar-refractivity contribution in [1.29, 1.82) is 0 Å². The normalized spacial score (nSPS) is 10.6. The summed E-state index contributed by atoms with van der Waals surface area (Å²) in [4.78, 5) is 24.5. The molecule has 0 fully saturated rings. The second-order valence-electron chi connectivity index (χ2n) is 5.62. The zero-order valence-electron chi connectivity index (χ0n) is 13.5. The lowest BCUT2D eigenvalue weighted by Crippen LogP contribution is -2.24. The Morgan fingerprint density at radius 2 is 1.33 bits per heavy atom. The molecule has 0 amide bonds. The molecule has 0 aliphatic carbocycles. The van der Waals surface area contributed by atoms with E-state index in [1.54, 1.807) is 18.5 Å². The molecular formula is C20H17NO3. The summed E-state index contributed by atoms with van der Waals surface area (Å²) in [6.07, 6.45) is 0. The zero-order chi connectivity index (χ0) is 17.3. The Hall–Kier alpha value is -3.14. The first-order valence-corrected chi connectivity index (χ1v) is 7.60. The minimum Gasteiger partial charge on any atom is -0.477 e. The van der Waals surface area contributed by atoms with E-state index in [1.165, 1.54) is 0 Å². The SMILES string of the molecule is Cc1c(-c2ccccc2)n(C)c(-c2ccccc2)c(C(=O)O)c1=O. The molecule has 1 aromatic heterocycles. The van der Waals surface area contributed by atoms with Gasteiger partial charge in [0.25, 0.3) is 0 Å². The van der Waals surface area contributed by atoms with E-state index < -0.39 is 11.4 Å². The predicted octanol–water partition coefficient (Wildman–Crippen LogP) is 3.73. The molecule has 0 bridgehead atoms. The maximum absolute atomic E-state index is 12.8. The van der Waals surface area contributed by atoms with Gasteiger partial charge in [0, 0.05) is 12.6 Å². The highest BCUT2D eigenvalue weighted by molar-refractivity contribution is 5.96. The summed E-state index contributed by atoms with van der Waals surface area (Å²) in [5.74, 6) is -1.21. The van der Waals surface area contributed by atoms with E-state index in [-0.39, 0.29) is 5.56 Å². The quantitative estimate of drug-likeness (QED) is 0.800. The number of benzene rings is 2. The topological polar surface area (TPSA) is 59.3 Å². The summed E-state index contributed by atoms with van der Waals surface area (Å²) in [7, 11) is 1.80. The molecule has 120 valence electrons. The largest absolute Gasteiger partial charge is 0.477 e. The number of hydrogen-bond donors (Lipinski definition) is 1. The molecule has 0 saturated carbocycles. The lowest BCUT2D eigenvalue weighted by Gasteiger charge is -2.19. The van der Waals surface area contributed by atoms with E-state index in [1.807, 2.05) is 60.7 Å². The fourth-order valence-electron chi connectivity index (χ4n) is 3.07. The van der Waals surface area contributed by atoms with Crippen molar-refractivity contribution in [2.75, 3.05) is 0 Å². The number of rotatable bonds is 3. The number of carbonyl (C=O) groups is 1. The van der Waals surface area contributed by atoms with Crippen LogP contribution in [0.4, 0.5) is 0 Å². The van der Waals surface area contributed by atoms with Gasteiger partial charge in [-0.2, -0.15) is 0 Å². The molecule has 3 aromatic rings. The summed E-state index contributed by atoms with van der Waals surface area (Å²) in [6.45, 7) is 1.67. The second-order valence-corrected chi connectivity index (χ2v) is 5.62. The van der Waals surface area contributed by atoms with Gasteiger partial charge in [0.15, 0.2) is 5.43 Å². The van der Waals surface area contributed by atoms with Crippen LogP contribution in [0, 0.1) is 6.92 Å². The fraction of sp³-hybridized carbons (Fsp3) is 0.100. The molecule has 4 heteroatoms. The molecule has 3 rings (SSSR count). The molecule has 2 aromatic carbocycles. The van der Waals surface area contributed by atoms with Crippen molar-refractivity contribution in [3.8, 4) is 22.5 Å². The number of nitrogens with zero attached hydrogens (tertiary/aromatic N) is 1. The first-order valence-electron chi connectivity index (χ1n) is 7.60. The molecule has 0 spiro atoms. The van der Waals surface area contributed by atoms with E-state index >= 15 is 0 Å². The number of hydrogen-bond acceptors (Lipinski definition) is 2. The molecule has 0 atom stereocenters. The molecule has 1 N–H and O–H groups in total. The smallest absolute Gasteiger partial charge is 0.341 e. The van der Waals surface area contributed by atoms with Gasteiger partial charge in [-0.15, -0.1) is 0 Å². The molecule has 4 nitrogen and oxygen atoms in total. The van der Waals surface area contributed by atoms with Gasteiger partial charge in [0.05, 0.1) is 11.4 Å². The molecule has 1 heterocycles. The van der Waals surface area contributed by atoms with Crippen LogP contribution in [0.2, 0.25) is 0 Å². The third kappa shape index (κ3) is 2.52. The second kappa shape index (κ2) is 6.16. The number of aromatic carboxylic acids is 1. The summed E-state index contributed by atoms with van der Waals surface area (Å²) in [5.41, 5.74) is 2.51. The molecule has 24 heavy (non-hydrogen) atoms. The minimum atomic E-state index is -1.21. The highest BCUT2D eigenvalue weighted by Gasteiger charge is 2.23. The average Bonchev–Trinajstić information content (AvgIpc) is 2.59. The van der Waals surface area contributed by atoms with Gasteiger partial charge in [-0.05, 0) is 18.1 Å².